The van der Waals surface area contributed by atoms with Gasteiger partial charge in [0.25, 0.3) is 0 Å². The lowest BCUT2D eigenvalue weighted by atomic mass is 10.1. The summed E-state index contributed by atoms with van der Waals surface area (Å²) in [6.45, 7) is 5.08. The number of nitrogens with zero attached hydrogens (tertiary/aromatic N) is 4. The van der Waals surface area contributed by atoms with Gasteiger partial charge in [0.15, 0.2) is 0 Å². The third-order valence-corrected chi connectivity index (χ3v) is 4.76. The number of hydrogen-bond acceptors (Lipinski definition) is 5. The van der Waals surface area contributed by atoms with Crippen LogP contribution >= 0.6 is 11.6 Å². The highest BCUT2D eigenvalue weighted by atomic mass is 35.5. The van der Waals surface area contributed by atoms with Crippen LogP contribution in [-0.4, -0.2) is 60.0 Å². The Morgan fingerprint density at radius 2 is 1.77 bits per heavy atom. The normalized spacial score (nSPS) is 15.0. The SMILES string of the molecule is O=C(CCN1CCN(c2ncccn2)CC1)NCCc1ccc(Cl)cc1. The molecule has 0 aliphatic carbocycles. The Morgan fingerprint density at radius 1 is 1.08 bits per heavy atom. The Labute approximate surface area is 159 Å². The van der Waals surface area contributed by atoms with Crippen LogP contribution in [0.1, 0.15) is 12.0 Å². The highest BCUT2D eigenvalue weighted by Crippen LogP contribution is 2.10. The summed E-state index contributed by atoms with van der Waals surface area (Å²) >= 11 is 5.87. The molecule has 1 aromatic carbocycles. The molecule has 1 fully saturated rings. The van der Waals surface area contributed by atoms with Gasteiger partial charge in [0.2, 0.25) is 11.9 Å². The fourth-order valence-electron chi connectivity index (χ4n) is 2.97. The number of nitrogens with one attached hydrogen (secondary N) is 1. The van der Waals surface area contributed by atoms with Crippen molar-refractivity contribution in [3.8, 4) is 0 Å². The number of rotatable bonds is 7. The maximum Gasteiger partial charge on any atom is 0.225 e. The summed E-state index contributed by atoms with van der Waals surface area (Å²) in [4.78, 5) is 25.1. The minimum absolute atomic E-state index is 0.104. The van der Waals surface area contributed by atoms with Crippen LogP contribution in [0, 0.1) is 0 Å². The number of piperazine rings is 1. The van der Waals surface area contributed by atoms with Crippen LogP contribution in [0.25, 0.3) is 0 Å². The van der Waals surface area contributed by atoms with Gasteiger partial charge in [-0.05, 0) is 30.2 Å². The summed E-state index contributed by atoms with van der Waals surface area (Å²) < 4.78 is 0. The minimum Gasteiger partial charge on any atom is -0.356 e. The largest absolute Gasteiger partial charge is 0.356 e. The average molecular weight is 374 g/mol. The van der Waals surface area contributed by atoms with Crippen LogP contribution in [0.5, 0.6) is 0 Å². The second kappa shape index (κ2) is 9.50. The molecular formula is C19H24ClN5O. The molecule has 2 aromatic rings. The molecule has 6 nitrogen and oxygen atoms in total. The lowest BCUT2D eigenvalue weighted by molar-refractivity contribution is -0.121. The molecule has 2 heterocycles. The van der Waals surface area contributed by atoms with Crippen molar-refractivity contribution >= 4 is 23.5 Å². The molecule has 1 amide bonds. The Bertz CT molecular complexity index is 687. The molecule has 0 bridgehead atoms. The van der Waals surface area contributed by atoms with Gasteiger partial charge in [-0.25, -0.2) is 9.97 Å². The third-order valence-electron chi connectivity index (χ3n) is 4.51. The van der Waals surface area contributed by atoms with E-state index in [1.807, 2.05) is 30.3 Å². The number of anilines is 1. The smallest absolute Gasteiger partial charge is 0.225 e. The maximum absolute atomic E-state index is 12.0. The molecule has 0 unspecified atom stereocenters. The number of halogens is 1. The molecule has 0 saturated carbocycles. The third kappa shape index (κ3) is 5.68. The van der Waals surface area contributed by atoms with Gasteiger partial charge in [0.1, 0.15) is 0 Å². The molecular weight excluding hydrogens is 350 g/mol. The summed E-state index contributed by atoms with van der Waals surface area (Å²) in [6.07, 6.45) is 4.88. The fourth-order valence-corrected chi connectivity index (χ4v) is 3.10. The van der Waals surface area contributed by atoms with Gasteiger partial charge in [-0.2, -0.15) is 0 Å². The first kappa shape index (κ1) is 18.6. The van der Waals surface area contributed by atoms with Crippen LogP contribution in [0.15, 0.2) is 42.7 Å². The van der Waals surface area contributed by atoms with E-state index in [0.717, 1.165) is 50.1 Å². The molecule has 1 N–H and O–H groups in total. The molecule has 1 aliphatic heterocycles. The standard InChI is InChI=1S/C19H24ClN5O/c20-17-4-2-16(3-5-17)6-10-21-18(26)7-11-24-12-14-25(15-13-24)19-22-8-1-9-23-19/h1-5,8-9H,6-7,10-15H2,(H,21,26). The summed E-state index contributed by atoms with van der Waals surface area (Å²) in [5.74, 6) is 0.889. The lowest BCUT2D eigenvalue weighted by Crippen LogP contribution is -2.47. The van der Waals surface area contributed by atoms with Crippen molar-refractivity contribution in [3.63, 3.8) is 0 Å². The van der Waals surface area contributed by atoms with Crippen molar-refractivity contribution in [2.75, 3.05) is 44.2 Å². The number of hydrogen-bond donors (Lipinski definition) is 1. The van der Waals surface area contributed by atoms with E-state index in [1.54, 1.807) is 12.4 Å². The van der Waals surface area contributed by atoms with Crippen LogP contribution < -0.4 is 10.2 Å². The molecule has 1 saturated heterocycles. The zero-order chi connectivity index (χ0) is 18.2. The fraction of sp³-hybridized carbons (Fsp3) is 0.421. The Balaban J connectivity index is 1.31. The summed E-state index contributed by atoms with van der Waals surface area (Å²) in [6, 6.07) is 9.55. The Kier molecular flexibility index (Phi) is 6.80. The van der Waals surface area contributed by atoms with Gasteiger partial charge in [0, 0.05) is 63.1 Å². The van der Waals surface area contributed by atoms with E-state index in [2.05, 4.69) is 25.1 Å². The maximum atomic E-state index is 12.0. The highest BCUT2D eigenvalue weighted by Gasteiger charge is 2.18. The van der Waals surface area contributed by atoms with E-state index in [1.165, 1.54) is 5.56 Å². The van der Waals surface area contributed by atoms with Crippen molar-refractivity contribution in [1.82, 2.24) is 20.2 Å². The van der Waals surface area contributed by atoms with E-state index in [4.69, 9.17) is 11.6 Å². The van der Waals surface area contributed by atoms with Gasteiger partial charge in [-0.3, -0.25) is 9.69 Å². The van der Waals surface area contributed by atoms with Crippen LogP contribution in [-0.2, 0) is 11.2 Å². The quantitative estimate of drug-likeness (QED) is 0.804. The zero-order valence-corrected chi connectivity index (χ0v) is 15.5. The first-order valence-electron chi connectivity index (χ1n) is 8.96. The Morgan fingerprint density at radius 3 is 2.46 bits per heavy atom. The van der Waals surface area contributed by atoms with E-state index >= 15 is 0 Å². The van der Waals surface area contributed by atoms with Crippen molar-refractivity contribution in [2.45, 2.75) is 12.8 Å². The number of aromatic nitrogens is 2. The van der Waals surface area contributed by atoms with Crippen molar-refractivity contribution < 1.29 is 4.79 Å². The average Bonchev–Trinajstić information content (AvgIpc) is 2.69. The number of carbonyl (C=O) groups is 1. The van der Waals surface area contributed by atoms with Crippen molar-refractivity contribution in [2.24, 2.45) is 0 Å². The molecule has 0 atom stereocenters. The molecule has 1 aromatic heterocycles. The number of carbonyl (C=O) groups excluding carboxylic acids is 1. The second-order valence-electron chi connectivity index (χ2n) is 6.35. The summed E-state index contributed by atoms with van der Waals surface area (Å²) in [7, 11) is 0. The summed E-state index contributed by atoms with van der Waals surface area (Å²) in [5.41, 5.74) is 1.17. The minimum atomic E-state index is 0.104. The molecule has 0 radical (unpaired) electrons. The number of amides is 1. The van der Waals surface area contributed by atoms with Gasteiger partial charge in [-0.1, -0.05) is 23.7 Å². The molecule has 0 spiro atoms. The topological polar surface area (TPSA) is 61.4 Å². The van der Waals surface area contributed by atoms with E-state index in [0.29, 0.717) is 13.0 Å². The van der Waals surface area contributed by atoms with Crippen LogP contribution in [0.4, 0.5) is 5.95 Å². The van der Waals surface area contributed by atoms with Gasteiger partial charge in [-0.15, -0.1) is 0 Å². The molecule has 26 heavy (non-hydrogen) atoms. The predicted octanol–water partition coefficient (Wildman–Crippen LogP) is 2.00. The van der Waals surface area contributed by atoms with Gasteiger partial charge >= 0.3 is 0 Å². The first-order chi connectivity index (χ1) is 12.7. The van der Waals surface area contributed by atoms with E-state index < -0.39 is 0 Å². The molecule has 3 rings (SSSR count). The second-order valence-corrected chi connectivity index (χ2v) is 6.79. The molecule has 138 valence electrons. The molecule has 7 heteroatoms. The predicted molar refractivity (Wildman–Crippen MR) is 103 cm³/mol. The van der Waals surface area contributed by atoms with Crippen LogP contribution in [0.3, 0.4) is 0 Å². The zero-order valence-electron chi connectivity index (χ0n) is 14.8. The molecule has 1 aliphatic rings. The number of benzene rings is 1. The first-order valence-corrected chi connectivity index (χ1v) is 9.34. The lowest BCUT2D eigenvalue weighted by Gasteiger charge is -2.34. The highest BCUT2D eigenvalue weighted by molar-refractivity contribution is 6.30. The van der Waals surface area contributed by atoms with E-state index in [-0.39, 0.29) is 5.91 Å². The van der Waals surface area contributed by atoms with Gasteiger partial charge in [0.05, 0.1) is 0 Å². The van der Waals surface area contributed by atoms with Crippen molar-refractivity contribution in [3.05, 3.63) is 53.3 Å². The van der Waals surface area contributed by atoms with Crippen molar-refractivity contribution in [1.29, 1.82) is 0 Å². The van der Waals surface area contributed by atoms with Gasteiger partial charge < -0.3 is 10.2 Å². The van der Waals surface area contributed by atoms with E-state index in [9.17, 15) is 4.79 Å². The Hall–Kier alpha value is -2.18. The monoisotopic (exact) mass is 373 g/mol. The van der Waals surface area contributed by atoms with Crippen LogP contribution in [0.2, 0.25) is 5.02 Å². The summed E-state index contributed by atoms with van der Waals surface area (Å²) in [5, 5.41) is 3.72.